The Morgan fingerprint density at radius 1 is 1.28 bits per heavy atom. The van der Waals surface area contributed by atoms with Crippen molar-refractivity contribution in [3.05, 3.63) is 24.0 Å². The maximum Gasteiger partial charge on any atom is 0.0501 e. The Bertz CT molecular complexity index is 322. The monoisotopic (exact) mass is 293 g/mol. The molecule has 0 aromatic carbocycles. The number of rotatable bonds is 4. The van der Waals surface area contributed by atoms with Gasteiger partial charge in [0, 0.05) is 45.1 Å². The highest BCUT2D eigenvalue weighted by Crippen LogP contribution is 2.25. The smallest absolute Gasteiger partial charge is 0.0501 e. The molecule has 18 heavy (non-hydrogen) atoms. The Labute approximate surface area is 123 Å². The SMILES string of the molecule is CCC[C@@H](c1cccn1C)N1CCNCC1.Cl.Cl. The van der Waals surface area contributed by atoms with E-state index < -0.39 is 0 Å². The molecule has 0 aliphatic carbocycles. The van der Waals surface area contributed by atoms with Crippen molar-refractivity contribution in [1.82, 2.24) is 14.8 Å². The standard InChI is InChI=1S/C13H23N3.2ClH/c1-3-5-13(12-6-4-9-15(12)2)16-10-7-14-8-11-16;;/h4,6,9,13-14H,3,5,7-8,10-11H2,1-2H3;2*1H/t13-;;/m0../s1. The number of hydrogen-bond acceptors (Lipinski definition) is 2. The number of aromatic nitrogens is 1. The molecule has 106 valence electrons. The summed E-state index contributed by atoms with van der Waals surface area (Å²) in [5.74, 6) is 0. The summed E-state index contributed by atoms with van der Waals surface area (Å²) >= 11 is 0. The van der Waals surface area contributed by atoms with Gasteiger partial charge in [-0.2, -0.15) is 0 Å². The maximum atomic E-state index is 3.42. The van der Waals surface area contributed by atoms with Crippen LogP contribution < -0.4 is 5.32 Å². The normalized spacial score (nSPS) is 17.7. The lowest BCUT2D eigenvalue weighted by molar-refractivity contribution is 0.159. The van der Waals surface area contributed by atoms with Gasteiger partial charge in [0.05, 0.1) is 6.04 Å². The molecule has 0 unspecified atom stereocenters. The summed E-state index contributed by atoms with van der Waals surface area (Å²) < 4.78 is 2.27. The third kappa shape index (κ3) is 4.16. The number of nitrogens with zero attached hydrogens (tertiary/aromatic N) is 2. The summed E-state index contributed by atoms with van der Waals surface area (Å²) in [7, 11) is 2.15. The van der Waals surface area contributed by atoms with Crippen molar-refractivity contribution in [3.63, 3.8) is 0 Å². The fourth-order valence-corrected chi connectivity index (χ4v) is 2.61. The van der Waals surface area contributed by atoms with Crippen molar-refractivity contribution >= 4 is 24.8 Å². The van der Waals surface area contributed by atoms with Crippen molar-refractivity contribution < 1.29 is 0 Å². The number of halogens is 2. The Morgan fingerprint density at radius 3 is 2.44 bits per heavy atom. The maximum absolute atomic E-state index is 3.42. The van der Waals surface area contributed by atoms with Gasteiger partial charge < -0.3 is 9.88 Å². The molecule has 1 aromatic rings. The molecular formula is C13H25Cl2N3. The second kappa shape index (κ2) is 8.81. The topological polar surface area (TPSA) is 20.2 Å². The zero-order valence-corrected chi connectivity index (χ0v) is 12.9. The van der Waals surface area contributed by atoms with Crippen LogP contribution in [0.4, 0.5) is 0 Å². The lowest BCUT2D eigenvalue weighted by Gasteiger charge is -2.35. The highest BCUT2D eigenvalue weighted by Gasteiger charge is 2.22. The summed E-state index contributed by atoms with van der Waals surface area (Å²) in [5, 5.41) is 3.42. The lowest BCUT2D eigenvalue weighted by atomic mass is 10.1. The molecule has 0 bridgehead atoms. The zero-order chi connectivity index (χ0) is 11.4. The van der Waals surface area contributed by atoms with Crippen LogP contribution in [0.5, 0.6) is 0 Å². The average molecular weight is 294 g/mol. The van der Waals surface area contributed by atoms with Gasteiger partial charge in [0.2, 0.25) is 0 Å². The van der Waals surface area contributed by atoms with Gasteiger partial charge in [0.1, 0.15) is 0 Å². The summed E-state index contributed by atoms with van der Waals surface area (Å²) in [6.07, 6.45) is 4.66. The summed E-state index contributed by atoms with van der Waals surface area (Å²) in [6, 6.07) is 5.02. The van der Waals surface area contributed by atoms with Gasteiger partial charge >= 0.3 is 0 Å². The molecule has 1 aromatic heterocycles. The minimum atomic E-state index is 0. The van der Waals surface area contributed by atoms with Crippen LogP contribution in [-0.4, -0.2) is 35.6 Å². The van der Waals surface area contributed by atoms with Gasteiger partial charge in [0.15, 0.2) is 0 Å². The van der Waals surface area contributed by atoms with E-state index in [1.807, 2.05) is 0 Å². The minimum Gasteiger partial charge on any atom is -0.353 e. The summed E-state index contributed by atoms with van der Waals surface area (Å²) in [4.78, 5) is 2.62. The number of hydrogen-bond donors (Lipinski definition) is 1. The van der Waals surface area contributed by atoms with E-state index in [1.165, 1.54) is 31.6 Å². The van der Waals surface area contributed by atoms with Gasteiger partial charge in [-0.3, -0.25) is 4.90 Å². The van der Waals surface area contributed by atoms with Gasteiger partial charge in [-0.1, -0.05) is 13.3 Å². The molecule has 1 aliphatic rings. The molecule has 0 saturated carbocycles. The van der Waals surface area contributed by atoms with Crippen LogP contribution in [0.25, 0.3) is 0 Å². The second-order valence-corrected chi connectivity index (χ2v) is 4.63. The largest absolute Gasteiger partial charge is 0.353 e. The van der Waals surface area contributed by atoms with E-state index in [1.54, 1.807) is 0 Å². The molecular weight excluding hydrogens is 269 g/mol. The Morgan fingerprint density at radius 2 is 1.94 bits per heavy atom. The van der Waals surface area contributed by atoms with E-state index in [0.29, 0.717) is 6.04 Å². The molecule has 0 spiro atoms. The van der Waals surface area contributed by atoms with Gasteiger partial charge in [-0.05, 0) is 18.6 Å². The third-order valence-electron chi connectivity index (χ3n) is 3.48. The number of aryl methyl sites for hydroxylation is 1. The molecule has 1 fully saturated rings. The number of piperazine rings is 1. The number of nitrogens with one attached hydrogen (secondary N) is 1. The molecule has 5 heteroatoms. The second-order valence-electron chi connectivity index (χ2n) is 4.63. The van der Waals surface area contributed by atoms with Crippen molar-refractivity contribution in [3.8, 4) is 0 Å². The van der Waals surface area contributed by atoms with Crippen LogP contribution in [0.2, 0.25) is 0 Å². The first-order valence-corrected chi connectivity index (χ1v) is 6.39. The fourth-order valence-electron chi connectivity index (χ4n) is 2.61. The third-order valence-corrected chi connectivity index (χ3v) is 3.48. The van der Waals surface area contributed by atoms with Crippen molar-refractivity contribution in [2.24, 2.45) is 7.05 Å². The van der Waals surface area contributed by atoms with E-state index in [9.17, 15) is 0 Å². The van der Waals surface area contributed by atoms with E-state index in [2.05, 4.69) is 47.1 Å². The van der Waals surface area contributed by atoms with Crippen LogP contribution >= 0.6 is 24.8 Å². The molecule has 2 rings (SSSR count). The van der Waals surface area contributed by atoms with E-state index in [-0.39, 0.29) is 24.8 Å². The van der Waals surface area contributed by atoms with Crippen molar-refractivity contribution in [1.29, 1.82) is 0 Å². The lowest BCUT2D eigenvalue weighted by Crippen LogP contribution is -2.45. The van der Waals surface area contributed by atoms with Crippen molar-refractivity contribution in [2.75, 3.05) is 26.2 Å². The zero-order valence-electron chi connectivity index (χ0n) is 11.3. The van der Waals surface area contributed by atoms with Crippen LogP contribution in [0, 0.1) is 0 Å². The molecule has 3 nitrogen and oxygen atoms in total. The summed E-state index contributed by atoms with van der Waals surface area (Å²) in [5.41, 5.74) is 1.46. The molecule has 0 amide bonds. The highest BCUT2D eigenvalue weighted by molar-refractivity contribution is 5.85. The van der Waals surface area contributed by atoms with Gasteiger partial charge in [-0.25, -0.2) is 0 Å². The average Bonchev–Trinajstić information content (AvgIpc) is 2.73. The first-order chi connectivity index (χ1) is 7.83. The fraction of sp³-hybridized carbons (Fsp3) is 0.692. The highest BCUT2D eigenvalue weighted by atomic mass is 35.5. The van der Waals surface area contributed by atoms with Gasteiger partial charge in [0.25, 0.3) is 0 Å². The first kappa shape index (κ1) is 17.8. The Kier molecular flexibility index (Phi) is 8.70. The van der Waals surface area contributed by atoms with Crippen LogP contribution in [-0.2, 0) is 7.05 Å². The van der Waals surface area contributed by atoms with Crippen LogP contribution in [0.1, 0.15) is 31.5 Å². The predicted octanol–water partition coefficient (Wildman–Crippen LogP) is 2.62. The van der Waals surface area contributed by atoms with E-state index >= 15 is 0 Å². The predicted molar refractivity (Wildman–Crippen MR) is 82.0 cm³/mol. The van der Waals surface area contributed by atoms with Crippen LogP contribution in [0.15, 0.2) is 18.3 Å². The van der Waals surface area contributed by atoms with Crippen LogP contribution in [0.3, 0.4) is 0 Å². The van der Waals surface area contributed by atoms with E-state index in [0.717, 1.165) is 13.1 Å². The Hall–Kier alpha value is -0.220. The Balaban J connectivity index is 0.00000144. The molecule has 1 N–H and O–H groups in total. The quantitative estimate of drug-likeness (QED) is 0.921. The molecule has 1 atom stereocenters. The molecule has 1 saturated heterocycles. The first-order valence-electron chi connectivity index (χ1n) is 6.39. The van der Waals surface area contributed by atoms with E-state index in [4.69, 9.17) is 0 Å². The summed E-state index contributed by atoms with van der Waals surface area (Å²) in [6.45, 7) is 6.89. The molecule has 1 aliphatic heterocycles. The molecule has 2 heterocycles. The minimum absolute atomic E-state index is 0. The van der Waals surface area contributed by atoms with Crippen molar-refractivity contribution in [2.45, 2.75) is 25.8 Å². The van der Waals surface area contributed by atoms with Gasteiger partial charge in [-0.15, -0.1) is 24.8 Å². The molecule has 0 radical (unpaired) electrons.